The molecule has 5 nitrogen and oxygen atoms in total. The highest BCUT2D eigenvalue weighted by Crippen LogP contribution is 2.37. The Kier molecular flexibility index (Phi) is 5.16. The third-order valence-electron chi connectivity index (χ3n) is 5.00. The first-order valence-corrected chi connectivity index (χ1v) is 10.1. The summed E-state index contributed by atoms with van der Waals surface area (Å²) in [6.07, 6.45) is 7.21. The molecule has 0 unspecified atom stereocenters. The molecule has 142 valence electrons. The second-order valence-corrected chi connectivity index (χ2v) is 7.64. The number of aromatic amines is 1. The van der Waals surface area contributed by atoms with Gasteiger partial charge in [0.05, 0.1) is 6.61 Å². The number of ether oxygens (including phenoxy) is 1. The van der Waals surface area contributed by atoms with Gasteiger partial charge in [-0.15, -0.1) is 0 Å². The van der Waals surface area contributed by atoms with E-state index in [-0.39, 0.29) is 5.56 Å². The standard InChI is InChI=1S/C21H25N3O2S/c1-24-12-18(16-7-9-23-20(16)21(24)25)17-11-15(22-8-2-10-27)5-6-19(17)26-13-14-3-4-14/h5-7,9,11-12,14,22-23,27H,2-4,8,10,13H2,1H3. The summed E-state index contributed by atoms with van der Waals surface area (Å²) in [5.41, 5.74) is 3.64. The number of hydrogen-bond acceptors (Lipinski definition) is 4. The topological polar surface area (TPSA) is 59.1 Å². The van der Waals surface area contributed by atoms with Gasteiger partial charge in [0.1, 0.15) is 11.3 Å². The molecule has 1 aromatic carbocycles. The summed E-state index contributed by atoms with van der Waals surface area (Å²) in [7, 11) is 1.78. The van der Waals surface area contributed by atoms with Crippen LogP contribution in [0.15, 0.2) is 41.5 Å². The van der Waals surface area contributed by atoms with Crippen molar-refractivity contribution >= 4 is 29.2 Å². The average Bonchev–Trinajstić information content (AvgIpc) is 3.37. The Labute approximate surface area is 164 Å². The lowest BCUT2D eigenvalue weighted by Crippen LogP contribution is -2.16. The van der Waals surface area contributed by atoms with Crippen LogP contribution in [0.4, 0.5) is 5.69 Å². The van der Waals surface area contributed by atoms with E-state index in [0.29, 0.717) is 11.4 Å². The lowest BCUT2D eigenvalue weighted by molar-refractivity contribution is 0.301. The molecule has 0 atom stereocenters. The highest BCUT2D eigenvalue weighted by atomic mass is 32.1. The summed E-state index contributed by atoms with van der Waals surface area (Å²) in [5, 5.41) is 4.37. The van der Waals surface area contributed by atoms with Crippen molar-refractivity contribution in [3.63, 3.8) is 0 Å². The van der Waals surface area contributed by atoms with Crippen LogP contribution in [-0.4, -0.2) is 28.5 Å². The second kappa shape index (κ2) is 7.72. The summed E-state index contributed by atoms with van der Waals surface area (Å²) in [4.78, 5) is 15.5. The van der Waals surface area contributed by atoms with Crippen LogP contribution in [0.1, 0.15) is 19.3 Å². The minimum atomic E-state index is -0.0257. The summed E-state index contributed by atoms with van der Waals surface area (Å²) in [6.45, 7) is 1.62. The molecule has 1 aliphatic rings. The van der Waals surface area contributed by atoms with Crippen LogP contribution in [0, 0.1) is 5.92 Å². The zero-order chi connectivity index (χ0) is 18.8. The maximum atomic E-state index is 12.4. The van der Waals surface area contributed by atoms with Crippen LogP contribution in [0.2, 0.25) is 0 Å². The number of nitrogens with zero attached hydrogens (tertiary/aromatic N) is 1. The number of anilines is 1. The smallest absolute Gasteiger partial charge is 0.274 e. The fraction of sp³-hybridized carbons (Fsp3) is 0.381. The molecule has 0 radical (unpaired) electrons. The van der Waals surface area contributed by atoms with Gasteiger partial charge in [-0.1, -0.05) is 0 Å². The van der Waals surface area contributed by atoms with Gasteiger partial charge in [0.2, 0.25) is 0 Å². The Bertz CT molecular complexity index is 1000. The minimum Gasteiger partial charge on any atom is -0.493 e. The molecule has 2 aromatic heterocycles. The van der Waals surface area contributed by atoms with Gasteiger partial charge < -0.3 is 19.6 Å². The molecule has 1 aliphatic carbocycles. The molecule has 0 spiro atoms. The summed E-state index contributed by atoms with van der Waals surface area (Å²) >= 11 is 4.27. The molecule has 1 fully saturated rings. The maximum Gasteiger partial charge on any atom is 0.274 e. The largest absolute Gasteiger partial charge is 0.493 e. The van der Waals surface area contributed by atoms with Gasteiger partial charge in [0.15, 0.2) is 0 Å². The van der Waals surface area contributed by atoms with Crippen LogP contribution in [0.5, 0.6) is 5.75 Å². The van der Waals surface area contributed by atoms with Gasteiger partial charge in [0.25, 0.3) is 5.56 Å². The second-order valence-electron chi connectivity index (χ2n) is 7.19. The zero-order valence-corrected chi connectivity index (χ0v) is 16.4. The normalized spacial score (nSPS) is 13.9. The molecule has 6 heteroatoms. The number of H-pyrrole nitrogens is 1. The molecule has 0 amide bonds. The first-order valence-electron chi connectivity index (χ1n) is 9.46. The molecule has 3 aromatic rings. The number of thiol groups is 1. The zero-order valence-electron chi connectivity index (χ0n) is 15.5. The number of rotatable bonds is 8. The predicted octanol–water partition coefficient (Wildman–Crippen LogP) is 4.05. The number of nitrogens with one attached hydrogen (secondary N) is 2. The van der Waals surface area contributed by atoms with Gasteiger partial charge in [0, 0.05) is 48.2 Å². The van der Waals surface area contributed by atoms with Crippen molar-refractivity contribution < 1.29 is 4.74 Å². The molecule has 1 saturated carbocycles. The van der Waals surface area contributed by atoms with E-state index < -0.39 is 0 Å². The molecule has 2 N–H and O–H groups in total. The third-order valence-corrected chi connectivity index (χ3v) is 5.32. The van der Waals surface area contributed by atoms with Crippen molar-refractivity contribution in [3.8, 4) is 16.9 Å². The number of aryl methyl sites for hydroxylation is 1. The Balaban J connectivity index is 1.78. The van der Waals surface area contributed by atoms with Gasteiger partial charge >= 0.3 is 0 Å². The Morgan fingerprint density at radius 1 is 1.30 bits per heavy atom. The predicted molar refractivity (Wildman–Crippen MR) is 114 cm³/mol. The van der Waals surface area contributed by atoms with Crippen molar-refractivity contribution in [2.45, 2.75) is 19.3 Å². The summed E-state index contributed by atoms with van der Waals surface area (Å²) in [5.74, 6) is 2.40. The molecule has 27 heavy (non-hydrogen) atoms. The first kappa shape index (κ1) is 18.0. The van der Waals surface area contributed by atoms with Gasteiger partial charge in [-0.2, -0.15) is 12.6 Å². The van der Waals surface area contributed by atoms with Crippen LogP contribution >= 0.6 is 12.6 Å². The highest BCUT2D eigenvalue weighted by molar-refractivity contribution is 7.80. The molecule has 0 aliphatic heterocycles. The third kappa shape index (κ3) is 3.86. The van der Waals surface area contributed by atoms with Crippen LogP contribution in [0.3, 0.4) is 0 Å². The van der Waals surface area contributed by atoms with E-state index in [0.717, 1.165) is 53.3 Å². The molecule has 2 heterocycles. The monoisotopic (exact) mass is 383 g/mol. The molecule has 0 saturated heterocycles. The summed E-state index contributed by atoms with van der Waals surface area (Å²) in [6, 6.07) is 8.16. The van der Waals surface area contributed by atoms with Crippen LogP contribution in [-0.2, 0) is 7.05 Å². The van der Waals surface area contributed by atoms with E-state index in [4.69, 9.17) is 4.74 Å². The minimum absolute atomic E-state index is 0.0257. The van der Waals surface area contributed by atoms with Crippen LogP contribution in [0.25, 0.3) is 22.0 Å². The lowest BCUT2D eigenvalue weighted by atomic mass is 10.0. The molecule has 0 bridgehead atoms. The fourth-order valence-electron chi connectivity index (χ4n) is 3.26. The van der Waals surface area contributed by atoms with Gasteiger partial charge in [-0.25, -0.2) is 0 Å². The van der Waals surface area contributed by atoms with E-state index in [9.17, 15) is 4.79 Å². The fourth-order valence-corrected chi connectivity index (χ4v) is 3.42. The number of benzene rings is 1. The van der Waals surface area contributed by atoms with E-state index in [2.05, 4.69) is 35.1 Å². The van der Waals surface area contributed by atoms with Gasteiger partial charge in [-0.3, -0.25) is 4.79 Å². The molecular weight excluding hydrogens is 358 g/mol. The van der Waals surface area contributed by atoms with E-state index in [1.165, 1.54) is 12.8 Å². The Hall–Kier alpha value is -2.34. The lowest BCUT2D eigenvalue weighted by Gasteiger charge is -2.16. The molecular formula is C21H25N3O2S. The number of pyridine rings is 1. The highest BCUT2D eigenvalue weighted by Gasteiger charge is 2.23. The number of aromatic nitrogens is 2. The van der Waals surface area contributed by atoms with Gasteiger partial charge in [-0.05, 0) is 55.2 Å². The van der Waals surface area contributed by atoms with Crippen molar-refractivity contribution in [2.24, 2.45) is 13.0 Å². The Morgan fingerprint density at radius 2 is 2.15 bits per heavy atom. The maximum absolute atomic E-state index is 12.4. The van der Waals surface area contributed by atoms with Crippen LogP contribution < -0.4 is 15.6 Å². The average molecular weight is 384 g/mol. The first-order chi connectivity index (χ1) is 13.2. The Morgan fingerprint density at radius 3 is 2.93 bits per heavy atom. The SMILES string of the molecule is Cn1cc(-c2cc(NCCCS)ccc2OCC2CC2)c2cc[nH]c2c1=O. The van der Waals surface area contributed by atoms with E-state index >= 15 is 0 Å². The quantitative estimate of drug-likeness (QED) is 0.406. The van der Waals surface area contributed by atoms with Crippen molar-refractivity contribution in [1.29, 1.82) is 0 Å². The van der Waals surface area contributed by atoms with E-state index in [1.807, 2.05) is 24.5 Å². The number of hydrogen-bond donors (Lipinski definition) is 3. The van der Waals surface area contributed by atoms with Crippen molar-refractivity contribution in [3.05, 3.63) is 47.0 Å². The summed E-state index contributed by atoms with van der Waals surface area (Å²) < 4.78 is 7.78. The molecule has 4 rings (SSSR count). The number of fused-ring (bicyclic) bond motifs is 1. The van der Waals surface area contributed by atoms with Crippen molar-refractivity contribution in [1.82, 2.24) is 9.55 Å². The van der Waals surface area contributed by atoms with Crippen molar-refractivity contribution in [2.75, 3.05) is 24.2 Å². The van der Waals surface area contributed by atoms with E-state index in [1.54, 1.807) is 11.6 Å².